The number of carbonyl (C=O) groups is 3. The minimum atomic E-state index is -0.185. The minimum Gasteiger partial charge on any atom is -0.497 e. The van der Waals surface area contributed by atoms with Crippen LogP contribution in [0.25, 0.3) is 0 Å². The van der Waals surface area contributed by atoms with Crippen molar-refractivity contribution >= 4 is 23.4 Å². The average Bonchev–Trinajstić information content (AvgIpc) is 2.73. The number of amides is 3. The highest BCUT2D eigenvalue weighted by Gasteiger charge is 2.25. The molecule has 0 aromatic heterocycles. The van der Waals surface area contributed by atoms with Gasteiger partial charge in [0.25, 0.3) is 11.8 Å². The van der Waals surface area contributed by atoms with E-state index < -0.39 is 0 Å². The van der Waals surface area contributed by atoms with Gasteiger partial charge in [0.2, 0.25) is 5.91 Å². The number of benzene rings is 2. The van der Waals surface area contributed by atoms with Crippen LogP contribution in [0, 0.1) is 0 Å². The van der Waals surface area contributed by atoms with Crippen molar-refractivity contribution in [2.24, 2.45) is 0 Å². The van der Waals surface area contributed by atoms with E-state index in [1.165, 1.54) is 6.92 Å². The lowest BCUT2D eigenvalue weighted by molar-refractivity contribution is -0.114. The maximum atomic E-state index is 12.7. The van der Waals surface area contributed by atoms with Crippen molar-refractivity contribution in [1.29, 1.82) is 0 Å². The summed E-state index contributed by atoms with van der Waals surface area (Å²) in [7, 11) is 1.57. The Morgan fingerprint density at radius 1 is 1.00 bits per heavy atom. The predicted molar refractivity (Wildman–Crippen MR) is 110 cm³/mol. The van der Waals surface area contributed by atoms with Crippen molar-refractivity contribution in [2.45, 2.75) is 25.8 Å². The lowest BCUT2D eigenvalue weighted by Crippen LogP contribution is -2.46. The SMILES string of the molecule is COc1cccc(C(=O)N2CCC(NC(=O)c3cccc(NC(C)=O)c3)CC2)c1. The van der Waals surface area contributed by atoms with Crippen molar-refractivity contribution in [3.63, 3.8) is 0 Å². The first-order valence-corrected chi connectivity index (χ1v) is 9.58. The first-order chi connectivity index (χ1) is 14.0. The zero-order chi connectivity index (χ0) is 20.8. The Balaban J connectivity index is 1.55. The number of nitrogens with one attached hydrogen (secondary N) is 2. The zero-order valence-electron chi connectivity index (χ0n) is 16.6. The molecule has 0 spiro atoms. The molecule has 2 aromatic rings. The maximum absolute atomic E-state index is 12.7. The molecule has 0 atom stereocenters. The number of hydrogen-bond donors (Lipinski definition) is 2. The molecule has 1 aliphatic heterocycles. The number of carbonyl (C=O) groups excluding carboxylic acids is 3. The van der Waals surface area contributed by atoms with Gasteiger partial charge in [-0.2, -0.15) is 0 Å². The van der Waals surface area contributed by atoms with E-state index >= 15 is 0 Å². The molecule has 152 valence electrons. The van der Waals surface area contributed by atoms with Crippen LogP contribution in [0.5, 0.6) is 5.75 Å². The summed E-state index contributed by atoms with van der Waals surface area (Å²) in [5.74, 6) is 0.251. The molecule has 7 heteroatoms. The van der Waals surface area contributed by atoms with Gasteiger partial charge in [-0.1, -0.05) is 12.1 Å². The van der Waals surface area contributed by atoms with Crippen molar-refractivity contribution in [3.8, 4) is 5.75 Å². The van der Waals surface area contributed by atoms with E-state index in [-0.39, 0.29) is 23.8 Å². The van der Waals surface area contributed by atoms with E-state index in [1.54, 1.807) is 60.5 Å². The molecule has 2 aromatic carbocycles. The number of hydrogen-bond acceptors (Lipinski definition) is 4. The Morgan fingerprint density at radius 3 is 2.38 bits per heavy atom. The number of rotatable bonds is 5. The molecule has 7 nitrogen and oxygen atoms in total. The second kappa shape index (κ2) is 9.23. The quantitative estimate of drug-likeness (QED) is 0.815. The summed E-state index contributed by atoms with van der Waals surface area (Å²) in [6, 6.07) is 13.9. The Bertz CT molecular complexity index is 904. The summed E-state index contributed by atoms with van der Waals surface area (Å²) in [4.78, 5) is 38.2. The van der Waals surface area contributed by atoms with Crippen LogP contribution in [0.4, 0.5) is 5.69 Å². The number of nitrogens with zero attached hydrogens (tertiary/aromatic N) is 1. The highest BCUT2D eigenvalue weighted by molar-refractivity contribution is 5.97. The minimum absolute atomic E-state index is 0.00119. The van der Waals surface area contributed by atoms with Crippen LogP contribution in [-0.2, 0) is 4.79 Å². The van der Waals surface area contributed by atoms with Crippen LogP contribution in [0.3, 0.4) is 0 Å². The van der Waals surface area contributed by atoms with Crippen LogP contribution >= 0.6 is 0 Å². The van der Waals surface area contributed by atoms with E-state index in [0.717, 1.165) is 0 Å². The van der Waals surface area contributed by atoms with Gasteiger partial charge in [0.05, 0.1) is 7.11 Å². The van der Waals surface area contributed by atoms with Gasteiger partial charge in [-0.15, -0.1) is 0 Å². The van der Waals surface area contributed by atoms with Gasteiger partial charge >= 0.3 is 0 Å². The third kappa shape index (κ3) is 5.34. The second-order valence-corrected chi connectivity index (χ2v) is 7.03. The molecule has 1 heterocycles. The molecular weight excluding hydrogens is 370 g/mol. The van der Waals surface area contributed by atoms with Crippen molar-refractivity contribution in [2.75, 3.05) is 25.5 Å². The summed E-state index contributed by atoms with van der Waals surface area (Å²) in [6.07, 6.45) is 1.37. The maximum Gasteiger partial charge on any atom is 0.253 e. The number of likely N-dealkylation sites (tertiary alicyclic amines) is 1. The molecule has 1 fully saturated rings. The van der Waals surface area contributed by atoms with Gasteiger partial charge in [-0.25, -0.2) is 0 Å². The average molecular weight is 395 g/mol. The Kier molecular flexibility index (Phi) is 6.49. The van der Waals surface area contributed by atoms with E-state index in [0.29, 0.717) is 48.5 Å². The summed E-state index contributed by atoms with van der Waals surface area (Å²) in [5, 5.41) is 5.70. The largest absolute Gasteiger partial charge is 0.497 e. The highest BCUT2D eigenvalue weighted by atomic mass is 16.5. The predicted octanol–water partition coefficient (Wildman–Crippen LogP) is 2.69. The molecule has 3 amide bonds. The van der Waals surface area contributed by atoms with Crippen LogP contribution in [0.2, 0.25) is 0 Å². The number of piperidine rings is 1. The van der Waals surface area contributed by atoms with Gasteiger partial charge in [-0.05, 0) is 49.2 Å². The molecule has 0 bridgehead atoms. The van der Waals surface area contributed by atoms with Crippen molar-refractivity contribution in [3.05, 3.63) is 59.7 Å². The standard InChI is InChI=1S/C22H25N3O4/c1-15(26)23-19-7-3-5-16(13-19)21(27)24-18-9-11-25(12-10-18)22(28)17-6-4-8-20(14-17)29-2/h3-8,13-14,18H,9-12H2,1-2H3,(H,23,26)(H,24,27). The van der Waals surface area contributed by atoms with Crippen LogP contribution in [-0.4, -0.2) is 48.9 Å². The molecule has 1 saturated heterocycles. The normalized spacial score (nSPS) is 14.2. The number of ether oxygens (including phenoxy) is 1. The first kappa shape index (κ1) is 20.4. The smallest absolute Gasteiger partial charge is 0.253 e. The molecule has 0 aliphatic carbocycles. The fourth-order valence-corrected chi connectivity index (χ4v) is 3.38. The molecule has 2 N–H and O–H groups in total. The van der Waals surface area contributed by atoms with Gasteiger partial charge in [0.1, 0.15) is 5.75 Å². The van der Waals surface area contributed by atoms with E-state index in [1.807, 2.05) is 0 Å². The third-order valence-electron chi connectivity index (χ3n) is 4.88. The van der Waals surface area contributed by atoms with Gasteiger partial charge in [-0.3, -0.25) is 14.4 Å². The lowest BCUT2D eigenvalue weighted by Gasteiger charge is -2.32. The highest BCUT2D eigenvalue weighted by Crippen LogP contribution is 2.18. The van der Waals surface area contributed by atoms with E-state index in [4.69, 9.17) is 4.74 Å². The fourth-order valence-electron chi connectivity index (χ4n) is 3.38. The first-order valence-electron chi connectivity index (χ1n) is 9.58. The number of anilines is 1. The van der Waals surface area contributed by atoms with E-state index in [2.05, 4.69) is 10.6 Å². The lowest BCUT2D eigenvalue weighted by atomic mass is 10.0. The molecule has 3 rings (SSSR count). The van der Waals surface area contributed by atoms with Gasteiger partial charge in [0.15, 0.2) is 0 Å². The third-order valence-corrected chi connectivity index (χ3v) is 4.88. The van der Waals surface area contributed by atoms with Crippen LogP contribution in [0.1, 0.15) is 40.5 Å². The molecular formula is C22H25N3O4. The van der Waals surface area contributed by atoms with Gasteiger partial charge < -0.3 is 20.3 Å². The Labute approximate surface area is 170 Å². The Hall–Kier alpha value is -3.35. The summed E-state index contributed by atoms with van der Waals surface area (Å²) in [6.45, 7) is 2.58. The molecule has 0 unspecified atom stereocenters. The zero-order valence-corrected chi connectivity index (χ0v) is 16.6. The van der Waals surface area contributed by atoms with Crippen molar-refractivity contribution in [1.82, 2.24) is 10.2 Å². The molecule has 0 radical (unpaired) electrons. The van der Waals surface area contributed by atoms with E-state index in [9.17, 15) is 14.4 Å². The monoisotopic (exact) mass is 395 g/mol. The Morgan fingerprint density at radius 2 is 1.69 bits per heavy atom. The van der Waals surface area contributed by atoms with Gasteiger partial charge in [0, 0.05) is 42.9 Å². The summed E-state index contributed by atoms with van der Waals surface area (Å²) in [5.41, 5.74) is 1.68. The summed E-state index contributed by atoms with van der Waals surface area (Å²) < 4.78 is 5.18. The van der Waals surface area contributed by atoms with Crippen LogP contribution in [0.15, 0.2) is 48.5 Å². The number of methoxy groups -OCH3 is 1. The fraction of sp³-hybridized carbons (Fsp3) is 0.318. The summed E-state index contributed by atoms with van der Waals surface area (Å²) >= 11 is 0. The topological polar surface area (TPSA) is 87.7 Å². The van der Waals surface area contributed by atoms with Crippen LogP contribution < -0.4 is 15.4 Å². The molecule has 29 heavy (non-hydrogen) atoms. The van der Waals surface area contributed by atoms with Crippen molar-refractivity contribution < 1.29 is 19.1 Å². The molecule has 0 saturated carbocycles. The molecule has 1 aliphatic rings. The second-order valence-electron chi connectivity index (χ2n) is 7.03.